The van der Waals surface area contributed by atoms with Crippen LogP contribution in [0.5, 0.6) is 11.5 Å². The van der Waals surface area contributed by atoms with E-state index in [1.54, 1.807) is 17.4 Å². The van der Waals surface area contributed by atoms with Crippen molar-refractivity contribution in [2.75, 3.05) is 39.4 Å². The third-order valence-corrected chi connectivity index (χ3v) is 4.26. The van der Waals surface area contributed by atoms with Crippen LogP contribution in [0.4, 0.5) is 0 Å². The van der Waals surface area contributed by atoms with Gasteiger partial charge in [-0.15, -0.1) is 11.3 Å². The highest BCUT2D eigenvalue weighted by Gasteiger charge is 2.04. The lowest BCUT2D eigenvalue weighted by Crippen LogP contribution is -2.37. The Morgan fingerprint density at radius 1 is 1.08 bits per heavy atom. The summed E-state index contributed by atoms with van der Waals surface area (Å²) in [7, 11) is 0. The molecule has 0 saturated heterocycles. The van der Waals surface area contributed by atoms with E-state index < -0.39 is 0 Å². The van der Waals surface area contributed by atoms with Crippen molar-refractivity contribution in [1.82, 2.24) is 10.2 Å². The lowest BCUT2D eigenvalue weighted by Gasteiger charge is -2.19. The first-order valence-corrected chi connectivity index (χ1v) is 9.35. The van der Waals surface area contributed by atoms with Gasteiger partial charge in [0.1, 0.15) is 11.5 Å². The van der Waals surface area contributed by atoms with Crippen LogP contribution in [0.15, 0.2) is 47.2 Å². The zero-order valence-electron chi connectivity index (χ0n) is 14.5. The van der Waals surface area contributed by atoms with Gasteiger partial charge < -0.3 is 20.3 Å². The molecule has 1 amide bonds. The number of hydrogen-bond donors (Lipinski definition) is 3. The Morgan fingerprint density at radius 2 is 1.81 bits per heavy atom. The predicted molar refractivity (Wildman–Crippen MR) is 103 cm³/mol. The third kappa shape index (κ3) is 7.37. The van der Waals surface area contributed by atoms with E-state index in [1.807, 2.05) is 46.0 Å². The van der Waals surface area contributed by atoms with E-state index in [-0.39, 0.29) is 19.1 Å². The summed E-state index contributed by atoms with van der Waals surface area (Å²) in [5.74, 6) is 1.38. The maximum absolute atomic E-state index is 11.9. The molecule has 140 valence electrons. The normalized spacial score (nSPS) is 11.2. The summed E-state index contributed by atoms with van der Waals surface area (Å²) in [5, 5.41) is 24.6. The quantitative estimate of drug-likeness (QED) is 0.522. The van der Waals surface area contributed by atoms with Crippen LogP contribution in [0.1, 0.15) is 5.56 Å². The molecule has 0 saturated carbocycles. The Kier molecular flexibility index (Phi) is 8.85. The van der Waals surface area contributed by atoms with Gasteiger partial charge in [-0.05, 0) is 35.2 Å². The second-order valence-electron chi connectivity index (χ2n) is 5.54. The Bertz CT molecular complexity index is 665. The Balaban J connectivity index is 1.74. The summed E-state index contributed by atoms with van der Waals surface area (Å²) in [6.07, 6.45) is 3.22. The van der Waals surface area contributed by atoms with Gasteiger partial charge in [-0.2, -0.15) is 0 Å². The zero-order chi connectivity index (χ0) is 18.6. The molecular formula is C19H24N2O4S. The number of aliphatic hydroxyl groups excluding tert-OH is 2. The van der Waals surface area contributed by atoms with Crippen LogP contribution in [0.2, 0.25) is 0 Å². The first-order valence-electron chi connectivity index (χ1n) is 8.41. The average molecular weight is 376 g/mol. The predicted octanol–water partition coefficient (Wildman–Crippen LogP) is 1.96. The first kappa shape index (κ1) is 20.1. The summed E-state index contributed by atoms with van der Waals surface area (Å²) < 4.78 is 5.68. The van der Waals surface area contributed by atoms with E-state index >= 15 is 0 Å². The smallest absolute Gasteiger partial charge is 0.244 e. The van der Waals surface area contributed by atoms with E-state index in [4.69, 9.17) is 14.9 Å². The van der Waals surface area contributed by atoms with Crippen molar-refractivity contribution in [3.8, 4) is 11.5 Å². The van der Waals surface area contributed by atoms with Gasteiger partial charge in [0.25, 0.3) is 0 Å². The number of benzene rings is 1. The van der Waals surface area contributed by atoms with Gasteiger partial charge in [-0.3, -0.25) is 9.69 Å². The Labute approximate surface area is 157 Å². The van der Waals surface area contributed by atoms with Crippen molar-refractivity contribution in [1.29, 1.82) is 0 Å². The van der Waals surface area contributed by atoms with Crippen molar-refractivity contribution in [2.45, 2.75) is 0 Å². The van der Waals surface area contributed by atoms with Crippen molar-refractivity contribution >= 4 is 23.3 Å². The van der Waals surface area contributed by atoms with Crippen LogP contribution in [0.3, 0.4) is 0 Å². The molecule has 6 nitrogen and oxygen atoms in total. The minimum Gasteiger partial charge on any atom is -0.457 e. The maximum atomic E-state index is 11.9. The molecule has 0 fully saturated rings. The number of aliphatic hydroxyl groups is 2. The molecule has 1 aromatic carbocycles. The van der Waals surface area contributed by atoms with Crippen molar-refractivity contribution in [2.24, 2.45) is 0 Å². The summed E-state index contributed by atoms with van der Waals surface area (Å²) in [6, 6.07) is 9.39. The number of carbonyl (C=O) groups is 1. The molecule has 0 aliphatic heterocycles. The van der Waals surface area contributed by atoms with Crippen LogP contribution < -0.4 is 10.1 Å². The van der Waals surface area contributed by atoms with Crippen molar-refractivity contribution in [3.05, 3.63) is 52.7 Å². The maximum Gasteiger partial charge on any atom is 0.244 e. The highest BCUT2D eigenvalue weighted by molar-refractivity contribution is 7.08. The molecule has 0 aliphatic rings. The van der Waals surface area contributed by atoms with Gasteiger partial charge in [0.2, 0.25) is 5.91 Å². The number of nitrogens with one attached hydrogen (secondary N) is 1. The van der Waals surface area contributed by atoms with Gasteiger partial charge in [0.05, 0.1) is 13.2 Å². The van der Waals surface area contributed by atoms with Crippen molar-refractivity contribution in [3.63, 3.8) is 0 Å². The SMILES string of the molecule is O=C(/C=C/c1ccc(Oc2ccsc2)cc1)NCCN(CCO)CCO. The number of thiophene rings is 1. The molecule has 0 spiro atoms. The average Bonchev–Trinajstić information content (AvgIpc) is 3.14. The Hall–Kier alpha value is -2.19. The lowest BCUT2D eigenvalue weighted by atomic mass is 10.2. The molecule has 2 rings (SSSR count). The number of ether oxygens (including phenoxy) is 1. The monoisotopic (exact) mass is 376 g/mol. The number of rotatable bonds is 11. The van der Waals surface area contributed by atoms with Crippen molar-refractivity contribution < 1.29 is 19.7 Å². The standard InChI is InChI=1S/C19H24N2O4S/c22-12-10-21(11-13-23)9-8-20-19(24)6-3-16-1-4-17(5-2-16)25-18-7-14-26-15-18/h1-7,14-15,22-23H,8-13H2,(H,20,24)/b6-3+. The second-order valence-corrected chi connectivity index (χ2v) is 6.32. The molecule has 3 N–H and O–H groups in total. The molecule has 0 unspecified atom stereocenters. The van der Waals surface area contributed by atoms with E-state index in [0.717, 1.165) is 17.1 Å². The molecule has 0 bridgehead atoms. The third-order valence-electron chi connectivity index (χ3n) is 3.60. The molecule has 2 aromatic rings. The molecule has 0 aliphatic carbocycles. The number of nitrogens with zero attached hydrogens (tertiary/aromatic N) is 1. The van der Waals surface area contributed by atoms with Crippen LogP contribution in [0, 0.1) is 0 Å². The highest BCUT2D eigenvalue weighted by Crippen LogP contribution is 2.23. The van der Waals surface area contributed by atoms with E-state index in [0.29, 0.717) is 26.2 Å². The van der Waals surface area contributed by atoms with E-state index in [2.05, 4.69) is 5.32 Å². The molecule has 26 heavy (non-hydrogen) atoms. The van der Waals surface area contributed by atoms with Gasteiger partial charge in [0, 0.05) is 37.6 Å². The van der Waals surface area contributed by atoms with Crippen LogP contribution in [0.25, 0.3) is 6.08 Å². The topological polar surface area (TPSA) is 82.0 Å². The van der Waals surface area contributed by atoms with Crippen LogP contribution >= 0.6 is 11.3 Å². The first-order chi connectivity index (χ1) is 12.7. The molecule has 7 heteroatoms. The summed E-state index contributed by atoms with van der Waals surface area (Å²) >= 11 is 1.58. The number of amides is 1. The molecule has 1 aromatic heterocycles. The highest BCUT2D eigenvalue weighted by atomic mass is 32.1. The minimum absolute atomic E-state index is 0.0277. The minimum atomic E-state index is -0.184. The number of hydrogen-bond acceptors (Lipinski definition) is 6. The zero-order valence-corrected chi connectivity index (χ0v) is 15.3. The summed E-state index contributed by atoms with van der Waals surface area (Å²) in [6.45, 7) is 2.05. The van der Waals surface area contributed by atoms with E-state index in [1.165, 1.54) is 6.08 Å². The summed E-state index contributed by atoms with van der Waals surface area (Å²) in [4.78, 5) is 13.7. The van der Waals surface area contributed by atoms with Crippen LogP contribution in [-0.2, 0) is 4.79 Å². The second kappa shape index (κ2) is 11.4. The lowest BCUT2D eigenvalue weighted by molar-refractivity contribution is -0.116. The molecule has 0 atom stereocenters. The summed E-state index contributed by atoms with van der Waals surface area (Å²) in [5.41, 5.74) is 0.903. The fourth-order valence-electron chi connectivity index (χ4n) is 2.28. The molecular weight excluding hydrogens is 352 g/mol. The fourth-order valence-corrected chi connectivity index (χ4v) is 2.83. The van der Waals surface area contributed by atoms with Crippen LogP contribution in [-0.4, -0.2) is 60.4 Å². The van der Waals surface area contributed by atoms with E-state index in [9.17, 15) is 4.79 Å². The van der Waals surface area contributed by atoms with Gasteiger partial charge in [0.15, 0.2) is 0 Å². The van der Waals surface area contributed by atoms with Gasteiger partial charge in [-0.25, -0.2) is 0 Å². The van der Waals surface area contributed by atoms with Gasteiger partial charge in [-0.1, -0.05) is 12.1 Å². The molecule has 1 heterocycles. The van der Waals surface area contributed by atoms with Gasteiger partial charge >= 0.3 is 0 Å². The molecule has 0 radical (unpaired) electrons. The number of carbonyl (C=O) groups excluding carboxylic acids is 1. The Morgan fingerprint density at radius 3 is 2.42 bits per heavy atom. The fraction of sp³-hybridized carbons (Fsp3) is 0.316. The largest absolute Gasteiger partial charge is 0.457 e.